The Hall–Kier alpha value is 0.280. The first-order valence-electron chi connectivity index (χ1n) is 3.09. The molecular weight excluding hydrogens is 356 g/mol. The zero-order valence-electron chi connectivity index (χ0n) is 5.71. The summed E-state index contributed by atoms with van der Waals surface area (Å²) in [4.78, 5) is 8.19. The maximum absolute atomic E-state index is 6.24. The Morgan fingerprint density at radius 3 is 3.00 bits per heavy atom. The summed E-state index contributed by atoms with van der Waals surface area (Å²) in [5.41, 5.74) is 0.881. The molecule has 2 rings (SSSR count). The smallest absolute Gasteiger partial charge is 0.253 e. The lowest BCUT2D eigenvalue weighted by molar-refractivity contribution is -0.594. The van der Waals surface area contributed by atoms with Crippen LogP contribution in [0.2, 0.25) is 0 Å². The van der Waals surface area contributed by atoms with Crippen LogP contribution in [-0.4, -0.2) is 15.0 Å². The number of hydrogen-bond acceptors (Lipinski definition) is 2. The second-order valence-electron chi connectivity index (χ2n) is 2.27. The number of quaternary nitrogens is 1. The predicted octanol–water partition coefficient (Wildman–Crippen LogP) is 2.88. The second-order valence-corrected chi connectivity index (χ2v) is 4.53. The lowest BCUT2D eigenvalue weighted by atomic mass is 10.4. The number of halogens is 3. The fourth-order valence-corrected chi connectivity index (χ4v) is 2.89. The molecule has 62 valence electrons. The summed E-state index contributed by atoms with van der Waals surface area (Å²) >= 11 is 11.7. The zero-order chi connectivity index (χ0) is 8.77. The highest BCUT2D eigenvalue weighted by atomic mass is 127. The highest BCUT2D eigenvalue weighted by Gasteiger charge is 2.43. The number of allylic oxidation sites excluding steroid dienone is 1. The van der Waals surface area contributed by atoms with E-state index in [-0.39, 0.29) is 4.00 Å². The number of rotatable bonds is 0. The summed E-state index contributed by atoms with van der Waals surface area (Å²) in [6.45, 7) is 0. The lowest BCUT2D eigenvalue weighted by Crippen LogP contribution is -2.33. The summed E-state index contributed by atoms with van der Waals surface area (Å²) in [6.07, 6.45) is 5.13. The van der Waals surface area contributed by atoms with Crippen molar-refractivity contribution in [3.63, 3.8) is 0 Å². The molecule has 1 unspecified atom stereocenters. The van der Waals surface area contributed by atoms with E-state index in [1.165, 1.54) is 0 Å². The quantitative estimate of drug-likeness (QED) is 0.361. The minimum absolute atomic E-state index is 0.0712. The molecule has 0 spiro atoms. The van der Waals surface area contributed by atoms with Crippen LogP contribution in [0.5, 0.6) is 0 Å². The molecule has 2 aliphatic heterocycles. The van der Waals surface area contributed by atoms with Gasteiger partial charge >= 0.3 is 4.74 Å². The summed E-state index contributed by atoms with van der Waals surface area (Å²) in [6, 6.07) is 0. The molecule has 0 saturated heterocycles. The molecule has 3 nitrogen and oxygen atoms in total. The Labute approximate surface area is 96.5 Å². The van der Waals surface area contributed by atoms with Crippen LogP contribution >= 0.6 is 50.3 Å². The van der Waals surface area contributed by atoms with Gasteiger partial charge in [0, 0.05) is 15.9 Å². The summed E-state index contributed by atoms with van der Waals surface area (Å²) in [5, 5.41) is 0. The van der Waals surface area contributed by atoms with Gasteiger partial charge in [0.2, 0.25) is 5.70 Å². The van der Waals surface area contributed by atoms with Crippen molar-refractivity contribution in [3.8, 4) is 0 Å². The van der Waals surface area contributed by atoms with Crippen molar-refractivity contribution in [2.45, 2.75) is 0 Å². The van der Waals surface area contributed by atoms with Crippen LogP contribution in [0.4, 0.5) is 0 Å². The molecule has 0 radical (unpaired) electrons. The van der Waals surface area contributed by atoms with Crippen molar-refractivity contribution in [1.29, 1.82) is 0 Å². The molecular formula is C6H3BrClIN3+. The second kappa shape index (κ2) is 2.90. The standard InChI is InChI=1S/C6H3BrClIN3/c7-6-11-5(9)4-3-10-1-2-12(4,6)8/h1-3H/q+1. The van der Waals surface area contributed by atoms with E-state index in [1.54, 1.807) is 18.6 Å². The van der Waals surface area contributed by atoms with Gasteiger partial charge in [0.25, 0.3) is 0 Å². The van der Waals surface area contributed by atoms with Crippen LogP contribution in [0.15, 0.2) is 31.8 Å². The lowest BCUT2D eigenvalue weighted by Gasteiger charge is -2.18. The van der Waals surface area contributed by atoms with Crippen LogP contribution in [0, 0.1) is 0 Å². The third-order valence-electron chi connectivity index (χ3n) is 1.58. The maximum atomic E-state index is 6.24. The largest absolute Gasteiger partial charge is 0.300 e. The van der Waals surface area contributed by atoms with Crippen molar-refractivity contribution >= 4 is 61.3 Å². The highest BCUT2D eigenvalue weighted by Crippen LogP contribution is 2.38. The fourth-order valence-electron chi connectivity index (χ4n) is 0.968. The van der Waals surface area contributed by atoms with E-state index < -0.39 is 0 Å². The van der Waals surface area contributed by atoms with Crippen molar-refractivity contribution < 1.29 is 4.00 Å². The first-order chi connectivity index (χ1) is 5.64. The van der Waals surface area contributed by atoms with Crippen molar-refractivity contribution in [2.75, 3.05) is 0 Å². The van der Waals surface area contributed by atoms with E-state index in [0.717, 1.165) is 9.40 Å². The van der Waals surface area contributed by atoms with Gasteiger partial charge in [-0.25, -0.2) is 0 Å². The van der Waals surface area contributed by atoms with E-state index in [2.05, 4.69) is 48.5 Å². The van der Waals surface area contributed by atoms with Crippen molar-refractivity contribution in [3.05, 3.63) is 21.8 Å². The molecule has 0 aromatic heterocycles. The minimum atomic E-state index is 0.0712. The third kappa shape index (κ3) is 1.11. The fraction of sp³-hybridized carbons (Fsp3) is 0. The Bertz CT molecular complexity index is 360. The van der Waals surface area contributed by atoms with E-state index in [0.29, 0.717) is 4.74 Å². The van der Waals surface area contributed by atoms with Gasteiger partial charge < -0.3 is 0 Å². The molecule has 12 heavy (non-hydrogen) atoms. The monoisotopic (exact) mass is 358 g/mol. The van der Waals surface area contributed by atoms with E-state index >= 15 is 0 Å². The first-order valence-corrected chi connectivity index (χ1v) is 5.30. The van der Waals surface area contributed by atoms with Gasteiger partial charge in [-0.1, -0.05) is 0 Å². The number of fused-ring (bicyclic) bond motifs is 1. The molecule has 0 saturated carbocycles. The molecule has 2 aliphatic rings. The Morgan fingerprint density at radius 1 is 1.58 bits per heavy atom. The van der Waals surface area contributed by atoms with Crippen LogP contribution in [0.25, 0.3) is 0 Å². The van der Waals surface area contributed by atoms with Gasteiger partial charge in [0.05, 0.1) is 12.4 Å². The Kier molecular flexibility index (Phi) is 2.14. The topological polar surface area (TPSA) is 24.7 Å². The van der Waals surface area contributed by atoms with Crippen LogP contribution in [0.3, 0.4) is 0 Å². The maximum Gasteiger partial charge on any atom is 0.300 e. The number of aliphatic imine (C=N–C) groups is 2. The molecule has 0 bridgehead atoms. The van der Waals surface area contributed by atoms with Gasteiger partial charge in [-0.15, -0.1) is 4.00 Å². The Balaban J connectivity index is 2.60. The predicted molar refractivity (Wildman–Crippen MR) is 61.2 cm³/mol. The molecule has 2 heterocycles. The summed E-state index contributed by atoms with van der Waals surface area (Å²) < 4.78 is 1.61. The van der Waals surface area contributed by atoms with E-state index in [1.807, 2.05) is 0 Å². The Morgan fingerprint density at radius 2 is 2.33 bits per heavy atom. The van der Waals surface area contributed by atoms with Crippen LogP contribution in [0.1, 0.15) is 0 Å². The molecule has 0 fully saturated rings. The average molecular weight is 359 g/mol. The molecule has 0 aromatic rings. The van der Waals surface area contributed by atoms with Crippen LogP contribution < -0.4 is 0 Å². The van der Waals surface area contributed by atoms with Gasteiger partial charge in [0.15, 0.2) is 15.5 Å². The summed E-state index contributed by atoms with van der Waals surface area (Å²) in [7, 11) is 0. The number of amidine groups is 1. The van der Waals surface area contributed by atoms with E-state index in [4.69, 9.17) is 11.8 Å². The van der Waals surface area contributed by atoms with E-state index in [9.17, 15) is 0 Å². The normalized spacial score (nSPS) is 32.4. The van der Waals surface area contributed by atoms with Crippen LogP contribution in [-0.2, 0) is 0 Å². The number of nitrogens with zero attached hydrogens (tertiary/aromatic N) is 3. The van der Waals surface area contributed by atoms with Gasteiger partial charge in [-0.2, -0.15) is 4.99 Å². The zero-order valence-corrected chi connectivity index (χ0v) is 10.2. The molecule has 0 amide bonds. The average Bonchev–Trinajstić information content (AvgIpc) is 2.25. The molecule has 0 aromatic carbocycles. The molecule has 0 N–H and O–H groups in total. The van der Waals surface area contributed by atoms with Gasteiger partial charge in [0.1, 0.15) is 6.20 Å². The molecule has 0 aliphatic carbocycles. The third-order valence-corrected chi connectivity index (χ3v) is 3.77. The molecule has 1 atom stereocenters. The van der Waals surface area contributed by atoms with Gasteiger partial charge in [-0.3, -0.25) is 4.99 Å². The SMILES string of the molecule is Cl[N+]12C=CN=CC1=C(I)N=C2Br. The number of hydrogen-bond donors (Lipinski definition) is 0. The molecule has 6 heteroatoms. The first kappa shape index (κ1) is 8.86. The van der Waals surface area contributed by atoms with Gasteiger partial charge in [-0.05, 0) is 22.6 Å². The summed E-state index contributed by atoms with van der Waals surface area (Å²) in [5.74, 6) is 0. The minimum Gasteiger partial charge on any atom is -0.253 e. The van der Waals surface area contributed by atoms with Crippen molar-refractivity contribution in [1.82, 2.24) is 0 Å². The van der Waals surface area contributed by atoms with Crippen molar-refractivity contribution in [2.24, 2.45) is 9.98 Å². The highest BCUT2D eigenvalue weighted by molar-refractivity contribution is 14.1.